The summed E-state index contributed by atoms with van der Waals surface area (Å²) in [4.78, 5) is 15.5. The third kappa shape index (κ3) is 2.96. The summed E-state index contributed by atoms with van der Waals surface area (Å²) in [5.41, 5.74) is 0.379. The highest BCUT2D eigenvalue weighted by atomic mass is 79.9. The molecule has 1 rings (SSSR count). The largest absolute Gasteiger partial charge is 0.347 e. The molecule has 5 heteroatoms. The minimum Gasteiger partial charge on any atom is -0.347 e. The number of alkyl halides is 1. The van der Waals surface area contributed by atoms with E-state index in [4.69, 9.17) is 11.6 Å². The van der Waals surface area contributed by atoms with Crippen molar-refractivity contribution >= 4 is 33.4 Å². The van der Waals surface area contributed by atoms with Crippen LogP contribution in [0.4, 0.5) is 0 Å². The number of nitrogens with zero attached hydrogens (tertiary/aromatic N) is 1. The van der Waals surface area contributed by atoms with Gasteiger partial charge >= 0.3 is 0 Å². The first-order valence-electron chi connectivity index (χ1n) is 4.12. The molecule has 0 aromatic carbocycles. The van der Waals surface area contributed by atoms with Gasteiger partial charge in [-0.2, -0.15) is 0 Å². The standard InChI is InChI=1S/C9H10BrClN2O/c1-6(5-11)13-9(14)8-7(10)3-2-4-12-8/h2-4,6H,5H2,1H3,(H,13,14). The van der Waals surface area contributed by atoms with Gasteiger partial charge < -0.3 is 5.32 Å². The summed E-state index contributed by atoms with van der Waals surface area (Å²) < 4.78 is 0.680. The molecule has 0 spiro atoms. The van der Waals surface area contributed by atoms with E-state index < -0.39 is 0 Å². The van der Waals surface area contributed by atoms with Crippen molar-refractivity contribution in [1.82, 2.24) is 10.3 Å². The van der Waals surface area contributed by atoms with Gasteiger partial charge in [0, 0.05) is 22.6 Å². The average molecular weight is 278 g/mol. The van der Waals surface area contributed by atoms with Crippen LogP contribution in [0.25, 0.3) is 0 Å². The van der Waals surface area contributed by atoms with Gasteiger partial charge in [-0.05, 0) is 35.0 Å². The molecular weight excluding hydrogens is 267 g/mol. The van der Waals surface area contributed by atoms with E-state index in [1.165, 1.54) is 0 Å². The summed E-state index contributed by atoms with van der Waals surface area (Å²) >= 11 is 8.83. The summed E-state index contributed by atoms with van der Waals surface area (Å²) in [5, 5.41) is 2.72. The zero-order valence-electron chi connectivity index (χ0n) is 7.63. The van der Waals surface area contributed by atoms with Gasteiger partial charge in [0.1, 0.15) is 5.69 Å². The fraction of sp³-hybridized carbons (Fsp3) is 0.333. The Morgan fingerprint density at radius 3 is 3.07 bits per heavy atom. The fourth-order valence-electron chi connectivity index (χ4n) is 0.883. The van der Waals surface area contributed by atoms with Crippen LogP contribution in [0.15, 0.2) is 22.8 Å². The Morgan fingerprint density at radius 1 is 1.79 bits per heavy atom. The quantitative estimate of drug-likeness (QED) is 0.861. The lowest BCUT2D eigenvalue weighted by molar-refractivity contribution is 0.0937. The number of nitrogens with one attached hydrogen (secondary N) is 1. The third-order valence-corrected chi connectivity index (χ3v) is 2.69. The van der Waals surface area contributed by atoms with Gasteiger partial charge in [0.15, 0.2) is 0 Å². The van der Waals surface area contributed by atoms with Crippen LogP contribution in [0.2, 0.25) is 0 Å². The molecule has 0 bridgehead atoms. The lowest BCUT2D eigenvalue weighted by Gasteiger charge is -2.10. The summed E-state index contributed by atoms with van der Waals surface area (Å²) in [6, 6.07) is 3.47. The van der Waals surface area contributed by atoms with E-state index in [-0.39, 0.29) is 11.9 Å². The number of carbonyl (C=O) groups excluding carboxylic acids is 1. The molecule has 0 saturated carbocycles. The molecule has 1 aromatic heterocycles. The van der Waals surface area contributed by atoms with Crippen molar-refractivity contribution in [1.29, 1.82) is 0 Å². The van der Waals surface area contributed by atoms with Gasteiger partial charge in [0.25, 0.3) is 5.91 Å². The van der Waals surface area contributed by atoms with Crippen molar-refractivity contribution in [2.45, 2.75) is 13.0 Å². The van der Waals surface area contributed by atoms with Gasteiger partial charge in [0.2, 0.25) is 0 Å². The molecule has 1 amide bonds. The molecule has 1 heterocycles. The monoisotopic (exact) mass is 276 g/mol. The van der Waals surface area contributed by atoms with Crippen LogP contribution in [-0.2, 0) is 0 Å². The molecule has 0 aliphatic heterocycles. The average Bonchev–Trinajstić information content (AvgIpc) is 2.18. The topological polar surface area (TPSA) is 42.0 Å². The first-order chi connectivity index (χ1) is 6.65. The van der Waals surface area contributed by atoms with Crippen molar-refractivity contribution in [2.75, 3.05) is 5.88 Å². The van der Waals surface area contributed by atoms with Gasteiger partial charge in [-0.3, -0.25) is 4.79 Å². The van der Waals surface area contributed by atoms with E-state index in [2.05, 4.69) is 26.2 Å². The van der Waals surface area contributed by atoms with E-state index in [0.29, 0.717) is 16.0 Å². The predicted molar refractivity (Wildman–Crippen MR) is 59.6 cm³/mol. The Hall–Kier alpha value is -0.610. The Morgan fingerprint density at radius 2 is 2.50 bits per heavy atom. The zero-order chi connectivity index (χ0) is 10.6. The smallest absolute Gasteiger partial charge is 0.271 e. The molecule has 1 N–H and O–H groups in total. The summed E-state index contributed by atoms with van der Waals surface area (Å²) in [6.07, 6.45) is 1.57. The number of pyridine rings is 1. The predicted octanol–water partition coefficient (Wildman–Crippen LogP) is 2.20. The molecule has 76 valence electrons. The van der Waals surface area contributed by atoms with Crippen molar-refractivity contribution in [2.24, 2.45) is 0 Å². The summed E-state index contributed by atoms with van der Waals surface area (Å²) in [6.45, 7) is 1.84. The molecule has 0 radical (unpaired) electrons. The minimum absolute atomic E-state index is 0.0573. The number of halogens is 2. The van der Waals surface area contributed by atoms with Crippen LogP contribution >= 0.6 is 27.5 Å². The Bertz CT molecular complexity index is 332. The molecule has 1 unspecified atom stereocenters. The molecule has 1 aromatic rings. The lowest BCUT2D eigenvalue weighted by atomic mass is 10.3. The second-order valence-corrected chi connectivity index (χ2v) is 4.03. The highest BCUT2D eigenvalue weighted by Crippen LogP contribution is 2.12. The normalized spacial score (nSPS) is 12.2. The van der Waals surface area contributed by atoms with Gasteiger partial charge in [-0.1, -0.05) is 0 Å². The van der Waals surface area contributed by atoms with E-state index in [1.54, 1.807) is 18.3 Å². The second kappa shape index (κ2) is 5.32. The summed E-state index contributed by atoms with van der Waals surface area (Å²) in [5.74, 6) is 0.168. The molecule has 14 heavy (non-hydrogen) atoms. The highest BCUT2D eigenvalue weighted by Gasteiger charge is 2.12. The number of carbonyl (C=O) groups is 1. The highest BCUT2D eigenvalue weighted by molar-refractivity contribution is 9.10. The van der Waals surface area contributed by atoms with E-state index in [0.717, 1.165) is 0 Å². The molecule has 0 aliphatic carbocycles. The van der Waals surface area contributed by atoms with E-state index >= 15 is 0 Å². The summed E-state index contributed by atoms with van der Waals surface area (Å²) in [7, 11) is 0. The van der Waals surface area contributed by atoms with Crippen LogP contribution in [0, 0.1) is 0 Å². The molecular formula is C9H10BrClN2O. The number of rotatable bonds is 3. The Labute approximate surface area is 96.0 Å². The number of aromatic nitrogens is 1. The van der Waals surface area contributed by atoms with E-state index in [9.17, 15) is 4.79 Å². The van der Waals surface area contributed by atoms with Gasteiger partial charge in [0.05, 0.1) is 0 Å². The third-order valence-electron chi connectivity index (χ3n) is 1.58. The lowest BCUT2D eigenvalue weighted by Crippen LogP contribution is -2.34. The number of amides is 1. The molecule has 0 fully saturated rings. The number of hydrogen-bond acceptors (Lipinski definition) is 2. The fourth-order valence-corrected chi connectivity index (χ4v) is 1.40. The van der Waals surface area contributed by atoms with Crippen LogP contribution in [0.5, 0.6) is 0 Å². The van der Waals surface area contributed by atoms with Crippen molar-refractivity contribution in [3.63, 3.8) is 0 Å². The molecule has 1 atom stereocenters. The number of hydrogen-bond donors (Lipinski definition) is 1. The van der Waals surface area contributed by atoms with Crippen LogP contribution < -0.4 is 5.32 Å². The van der Waals surface area contributed by atoms with Crippen molar-refractivity contribution < 1.29 is 4.79 Å². The maximum atomic E-state index is 11.6. The molecule has 0 saturated heterocycles. The SMILES string of the molecule is CC(CCl)NC(=O)c1ncccc1Br. The van der Waals surface area contributed by atoms with Crippen molar-refractivity contribution in [3.05, 3.63) is 28.5 Å². The Kier molecular flexibility index (Phi) is 4.35. The van der Waals surface area contributed by atoms with E-state index in [1.807, 2.05) is 6.92 Å². The van der Waals surface area contributed by atoms with Crippen LogP contribution in [-0.4, -0.2) is 22.8 Å². The first kappa shape index (κ1) is 11.5. The van der Waals surface area contributed by atoms with Gasteiger partial charge in [-0.15, -0.1) is 11.6 Å². The van der Waals surface area contributed by atoms with Gasteiger partial charge in [-0.25, -0.2) is 4.98 Å². The Balaban J connectivity index is 2.75. The van der Waals surface area contributed by atoms with Crippen LogP contribution in [0.3, 0.4) is 0 Å². The molecule has 3 nitrogen and oxygen atoms in total. The zero-order valence-corrected chi connectivity index (χ0v) is 9.97. The minimum atomic E-state index is -0.217. The van der Waals surface area contributed by atoms with Crippen molar-refractivity contribution in [3.8, 4) is 0 Å². The van der Waals surface area contributed by atoms with Crippen LogP contribution in [0.1, 0.15) is 17.4 Å². The first-order valence-corrected chi connectivity index (χ1v) is 5.45. The maximum absolute atomic E-state index is 11.6. The maximum Gasteiger partial charge on any atom is 0.271 e. The second-order valence-electron chi connectivity index (χ2n) is 2.86. The molecule has 0 aliphatic rings.